The smallest absolute Gasteiger partial charge is 0.274 e. The zero-order valence-electron chi connectivity index (χ0n) is 16.4. The van der Waals surface area contributed by atoms with E-state index in [0.29, 0.717) is 11.4 Å². The van der Waals surface area contributed by atoms with E-state index in [2.05, 4.69) is 10.3 Å². The molecule has 1 amide bonds. The summed E-state index contributed by atoms with van der Waals surface area (Å²) in [6, 6.07) is 14.1. The standard InChI is InChI=1S/C22H21N3O4/c1-14(26)23-17-8-4-16(5-9-17)13-20-21(27)24-19(22(28)25(20)2)12-15-6-10-18(29-3)11-7-15/h4-13H,1-3H3,(H,23,26)(H,24,27)/b19-12-,20-13-. The molecule has 0 saturated heterocycles. The van der Waals surface area contributed by atoms with Gasteiger partial charge in [-0.1, -0.05) is 24.3 Å². The number of aromatic nitrogens is 2. The Morgan fingerprint density at radius 2 is 1.59 bits per heavy atom. The number of methoxy groups -OCH3 is 1. The molecular formula is C22H21N3O4. The van der Waals surface area contributed by atoms with E-state index in [0.717, 1.165) is 11.1 Å². The number of hydrogen-bond acceptors (Lipinski definition) is 4. The average Bonchev–Trinajstić information content (AvgIpc) is 2.70. The molecule has 7 heteroatoms. The molecule has 0 aliphatic carbocycles. The summed E-state index contributed by atoms with van der Waals surface area (Å²) in [5.41, 5.74) is 1.46. The highest BCUT2D eigenvalue weighted by molar-refractivity contribution is 5.88. The number of hydrogen-bond donors (Lipinski definition) is 2. The van der Waals surface area contributed by atoms with E-state index in [1.165, 1.54) is 11.5 Å². The van der Waals surface area contributed by atoms with Crippen molar-refractivity contribution in [1.29, 1.82) is 0 Å². The molecule has 7 nitrogen and oxygen atoms in total. The molecule has 29 heavy (non-hydrogen) atoms. The second kappa shape index (κ2) is 8.43. The van der Waals surface area contributed by atoms with E-state index in [9.17, 15) is 14.4 Å². The second-order valence-electron chi connectivity index (χ2n) is 6.48. The Hall–Kier alpha value is -3.87. The van der Waals surface area contributed by atoms with Gasteiger partial charge in [0.15, 0.2) is 0 Å². The predicted octanol–water partition coefficient (Wildman–Crippen LogP) is 0.698. The number of ether oxygens (including phenoxy) is 1. The van der Waals surface area contributed by atoms with Gasteiger partial charge in [-0.3, -0.25) is 14.4 Å². The molecule has 0 spiro atoms. The maximum absolute atomic E-state index is 12.7. The van der Waals surface area contributed by atoms with Crippen molar-refractivity contribution < 1.29 is 9.53 Å². The van der Waals surface area contributed by atoms with Crippen LogP contribution in [0.5, 0.6) is 5.75 Å². The number of amides is 1. The van der Waals surface area contributed by atoms with Gasteiger partial charge in [-0.05, 0) is 47.5 Å². The summed E-state index contributed by atoms with van der Waals surface area (Å²) in [4.78, 5) is 39.0. The van der Waals surface area contributed by atoms with E-state index in [1.807, 2.05) is 0 Å². The molecule has 0 radical (unpaired) electrons. The minimum atomic E-state index is -0.377. The van der Waals surface area contributed by atoms with Gasteiger partial charge >= 0.3 is 0 Å². The van der Waals surface area contributed by atoms with E-state index < -0.39 is 0 Å². The summed E-state index contributed by atoms with van der Waals surface area (Å²) < 4.78 is 6.43. The van der Waals surface area contributed by atoms with Crippen molar-refractivity contribution >= 4 is 23.7 Å². The molecule has 2 N–H and O–H groups in total. The van der Waals surface area contributed by atoms with Gasteiger partial charge in [0.1, 0.15) is 16.4 Å². The lowest BCUT2D eigenvalue weighted by Gasteiger charge is -2.03. The lowest BCUT2D eigenvalue weighted by Crippen LogP contribution is -2.52. The summed E-state index contributed by atoms with van der Waals surface area (Å²) in [7, 11) is 3.13. The summed E-state index contributed by atoms with van der Waals surface area (Å²) in [5.74, 6) is 0.544. The predicted molar refractivity (Wildman–Crippen MR) is 112 cm³/mol. The van der Waals surface area contributed by atoms with Gasteiger partial charge < -0.3 is 19.6 Å². The highest BCUT2D eigenvalue weighted by Crippen LogP contribution is 2.11. The molecule has 0 atom stereocenters. The molecule has 0 aliphatic rings. The third kappa shape index (κ3) is 4.70. The van der Waals surface area contributed by atoms with Crippen molar-refractivity contribution in [1.82, 2.24) is 9.55 Å². The fraction of sp³-hybridized carbons (Fsp3) is 0.136. The second-order valence-corrected chi connectivity index (χ2v) is 6.48. The molecule has 3 aromatic rings. The van der Waals surface area contributed by atoms with E-state index >= 15 is 0 Å². The maximum Gasteiger partial charge on any atom is 0.274 e. The fourth-order valence-corrected chi connectivity index (χ4v) is 2.83. The molecule has 3 rings (SSSR count). The summed E-state index contributed by atoms with van der Waals surface area (Å²) in [5, 5.41) is 3.10. The molecule has 0 bridgehead atoms. The van der Waals surface area contributed by atoms with Gasteiger partial charge in [-0.25, -0.2) is 0 Å². The van der Waals surface area contributed by atoms with Crippen LogP contribution >= 0.6 is 0 Å². The molecule has 0 aliphatic heterocycles. The van der Waals surface area contributed by atoms with Crippen LogP contribution in [0.1, 0.15) is 18.1 Å². The molecule has 148 valence electrons. The number of carbonyl (C=O) groups is 1. The molecular weight excluding hydrogens is 370 g/mol. The highest BCUT2D eigenvalue weighted by Gasteiger charge is 2.02. The first-order chi connectivity index (χ1) is 13.9. The van der Waals surface area contributed by atoms with Crippen molar-refractivity contribution in [2.45, 2.75) is 6.92 Å². The molecule has 0 fully saturated rings. The van der Waals surface area contributed by atoms with Gasteiger partial charge in [0.25, 0.3) is 11.1 Å². The third-order valence-electron chi connectivity index (χ3n) is 4.34. The lowest BCUT2D eigenvalue weighted by atomic mass is 10.2. The quantitative estimate of drug-likeness (QED) is 0.685. The summed E-state index contributed by atoms with van der Waals surface area (Å²) in [6.07, 6.45) is 3.24. The van der Waals surface area contributed by atoms with Crippen LogP contribution in [-0.2, 0) is 11.8 Å². The number of nitrogens with one attached hydrogen (secondary N) is 2. The minimum absolute atomic E-state index is 0.163. The topological polar surface area (TPSA) is 93.2 Å². The molecule has 0 saturated carbocycles. The van der Waals surface area contributed by atoms with E-state index in [-0.39, 0.29) is 27.7 Å². The fourth-order valence-electron chi connectivity index (χ4n) is 2.83. The highest BCUT2D eigenvalue weighted by atomic mass is 16.5. The number of anilines is 1. The number of aromatic amines is 1. The molecule has 0 unspecified atom stereocenters. The Bertz CT molecular complexity index is 1270. The van der Waals surface area contributed by atoms with Crippen LogP contribution in [0.2, 0.25) is 0 Å². The number of H-pyrrole nitrogens is 1. The molecule has 1 aromatic heterocycles. The zero-order chi connectivity index (χ0) is 21.0. The number of nitrogens with zero attached hydrogens (tertiary/aromatic N) is 1. The minimum Gasteiger partial charge on any atom is -0.497 e. The average molecular weight is 391 g/mol. The Balaban J connectivity index is 2.04. The van der Waals surface area contributed by atoms with Crippen molar-refractivity contribution in [3.05, 3.63) is 91.1 Å². The van der Waals surface area contributed by atoms with Crippen molar-refractivity contribution in [3.8, 4) is 5.75 Å². The first-order valence-electron chi connectivity index (χ1n) is 8.92. The Kier molecular flexibility index (Phi) is 5.78. The van der Waals surface area contributed by atoms with E-state index in [4.69, 9.17) is 4.74 Å². The molecule has 1 heterocycles. The summed E-state index contributed by atoms with van der Waals surface area (Å²) in [6.45, 7) is 1.43. The van der Waals surface area contributed by atoms with Crippen LogP contribution < -0.4 is 31.9 Å². The number of benzene rings is 2. The Morgan fingerprint density at radius 1 is 1.00 bits per heavy atom. The van der Waals surface area contributed by atoms with Crippen LogP contribution in [0.15, 0.2) is 58.1 Å². The van der Waals surface area contributed by atoms with Crippen LogP contribution in [0.3, 0.4) is 0 Å². The van der Waals surface area contributed by atoms with E-state index in [1.54, 1.807) is 74.8 Å². The van der Waals surface area contributed by atoms with Crippen molar-refractivity contribution in [2.75, 3.05) is 12.4 Å². The summed E-state index contributed by atoms with van der Waals surface area (Å²) >= 11 is 0. The van der Waals surface area contributed by atoms with Gasteiger partial charge in [-0.15, -0.1) is 0 Å². The number of carbonyl (C=O) groups excluding carboxylic acids is 1. The third-order valence-corrected chi connectivity index (χ3v) is 4.34. The van der Waals surface area contributed by atoms with Crippen LogP contribution in [0, 0.1) is 0 Å². The first kappa shape index (κ1) is 19.9. The lowest BCUT2D eigenvalue weighted by molar-refractivity contribution is -0.114. The van der Waals surface area contributed by atoms with Crippen molar-refractivity contribution in [3.63, 3.8) is 0 Å². The van der Waals surface area contributed by atoms with Gasteiger partial charge in [-0.2, -0.15) is 0 Å². The first-order valence-corrected chi connectivity index (χ1v) is 8.92. The van der Waals surface area contributed by atoms with Gasteiger partial charge in [0.05, 0.1) is 7.11 Å². The monoisotopic (exact) mass is 391 g/mol. The number of rotatable bonds is 4. The van der Waals surface area contributed by atoms with Crippen LogP contribution in [0.25, 0.3) is 12.2 Å². The SMILES string of the molecule is COc1ccc(/C=c2\[nH]c(=O)/c(=C/c3ccc(NC(C)=O)cc3)n(C)c2=O)cc1. The zero-order valence-corrected chi connectivity index (χ0v) is 16.4. The van der Waals surface area contributed by atoms with Crippen molar-refractivity contribution in [2.24, 2.45) is 7.05 Å². The van der Waals surface area contributed by atoms with Gasteiger partial charge in [0.2, 0.25) is 5.91 Å². The maximum atomic E-state index is 12.7. The Labute approximate surface area is 166 Å². The van der Waals surface area contributed by atoms with Crippen LogP contribution in [-0.4, -0.2) is 22.6 Å². The largest absolute Gasteiger partial charge is 0.497 e. The van der Waals surface area contributed by atoms with Crippen LogP contribution in [0.4, 0.5) is 5.69 Å². The van der Waals surface area contributed by atoms with Gasteiger partial charge in [0, 0.05) is 19.7 Å². The molecule has 2 aromatic carbocycles. The normalized spacial score (nSPS) is 12.1. The Morgan fingerprint density at radius 3 is 2.17 bits per heavy atom.